The summed E-state index contributed by atoms with van der Waals surface area (Å²) in [6.07, 6.45) is 0. The number of esters is 1. The van der Waals surface area contributed by atoms with Gasteiger partial charge in [-0.1, -0.05) is 20.8 Å². The predicted molar refractivity (Wildman–Crippen MR) is 47.1 cm³/mol. The molecule has 0 aliphatic carbocycles. The van der Waals surface area contributed by atoms with Crippen LogP contribution in [0.15, 0.2) is 4.99 Å². The molecule has 1 aliphatic rings. The van der Waals surface area contributed by atoms with Crippen LogP contribution in [0.4, 0.5) is 0 Å². The van der Waals surface area contributed by atoms with E-state index in [1.54, 1.807) is 13.8 Å². The van der Waals surface area contributed by atoms with Crippen LogP contribution in [-0.2, 0) is 9.53 Å². The van der Waals surface area contributed by atoms with Gasteiger partial charge in [0.2, 0.25) is 0 Å². The van der Waals surface area contributed by atoms with Crippen LogP contribution in [-0.4, -0.2) is 17.4 Å². The van der Waals surface area contributed by atoms with Crippen molar-refractivity contribution in [1.29, 1.82) is 0 Å². The molecule has 1 heterocycles. The molecule has 3 heteroatoms. The maximum atomic E-state index is 11.2. The lowest BCUT2D eigenvalue weighted by atomic mass is 9.96. The van der Waals surface area contributed by atoms with E-state index in [0.29, 0.717) is 5.90 Å². The Hall–Kier alpha value is -0.860. The summed E-state index contributed by atoms with van der Waals surface area (Å²) in [5.41, 5.74) is -0.869. The summed E-state index contributed by atoms with van der Waals surface area (Å²) >= 11 is 0. The Morgan fingerprint density at radius 1 is 1.33 bits per heavy atom. The number of aliphatic imine (C=N–C) groups is 1. The minimum absolute atomic E-state index is 0.177. The average Bonchev–Trinajstić information content (AvgIpc) is 2.06. The summed E-state index contributed by atoms with van der Waals surface area (Å²) in [5.74, 6) is 0.282. The number of nitrogens with zero attached hydrogens (tertiary/aromatic N) is 1. The summed E-state index contributed by atoms with van der Waals surface area (Å²) < 4.78 is 5.05. The molecule has 0 bridgehead atoms. The lowest BCUT2D eigenvalue weighted by Crippen LogP contribution is -2.25. The summed E-state index contributed by atoms with van der Waals surface area (Å²) in [7, 11) is 0. The molecule has 0 aromatic rings. The molecule has 1 rings (SSSR count). The van der Waals surface area contributed by atoms with Crippen molar-refractivity contribution in [3.05, 3.63) is 0 Å². The SMILES string of the molecule is CC(C)(C)C1=NC(C)(C)C(=O)O1. The Morgan fingerprint density at radius 2 is 1.83 bits per heavy atom. The second-order valence-corrected chi connectivity index (χ2v) is 4.62. The summed E-state index contributed by atoms with van der Waals surface area (Å²) in [5, 5.41) is 0. The van der Waals surface area contributed by atoms with Gasteiger partial charge in [-0.3, -0.25) is 0 Å². The van der Waals surface area contributed by atoms with E-state index < -0.39 is 5.54 Å². The summed E-state index contributed by atoms with van der Waals surface area (Å²) in [4.78, 5) is 15.4. The van der Waals surface area contributed by atoms with E-state index in [1.165, 1.54) is 0 Å². The van der Waals surface area contributed by atoms with Gasteiger partial charge in [0, 0.05) is 5.41 Å². The molecule has 0 fully saturated rings. The van der Waals surface area contributed by atoms with E-state index in [-0.39, 0.29) is 11.4 Å². The van der Waals surface area contributed by atoms with Gasteiger partial charge in [-0.25, -0.2) is 9.79 Å². The first-order valence-corrected chi connectivity index (χ1v) is 4.06. The maximum Gasteiger partial charge on any atom is 0.340 e. The zero-order chi connectivity index (χ0) is 9.57. The van der Waals surface area contributed by atoms with Crippen molar-refractivity contribution >= 4 is 11.9 Å². The summed E-state index contributed by atoms with van der Waals surface area (Å²) in [6, 6.07) is 0. The van der Waals surface area contributed by atoms with E-state index in [4.69, 9.17) is 4.74 Å². The second-order valence-electron chi connectivity index (χ2n) is 4.62. The molecular formula is C9H15NO2. The highest BCUT2D eigenvalue weighted by Crippen LogP contribution is 2.27. The van der Waals surface area contributed by atoms with E-state index in [0.717, 1.165) is 0 Å². The zero-order valence-electron chi connectivity index (χ0n) is 8.26. The first kappa shape index (κ1) is 9.23. The molecule has 0 spiro atoms. The number of carbonyl (C=O) groups excluding carboxylic acids is 1. The molecule has 0 atom stereocenters. The zero-order valence-corrected chi connectivity index (χ0v) is 8.26. The Kier molecular flexibility index (Phi) is 1.78. The van der Waals surface area contributed by atoms with Gasteiger partial charge < -0.3 is 4.74 Å². The van der Waals surface area contributed by atoms with Crippen molar-refractivity contribution in [2.45, 2.75) is 40.2 Å². The Morgan fingerprint density at radius 3 is 2.00 bits per heavy atom. The molecule has 12 heavy (non-hydrogen) atoms. The first-order chi connectivity index (χ1) is 5.23. The molecule has 0 amide bonds. The third kappa shape index (κ3) is 1.49. The van der Waals surface area contributed by atoms with Gasteiger partial charge in [0.25, 0.3) is 0 Å². The fraction of sp³-hybridized carbons (Fsp3) is 0.778. The molecule has 0 radical (unpaired) electrons. The minimum Gasteiger partial charge on any atom is -0.410 e. The van der Waals surface area contributed by atoms with Gasteiger partial charge in [0.1, 0.15) is 0 Å². The lowest BCUT2D eigenvalue weighted by molar-refractivity contribution is -0.138. The highest BCUT2D eigenvalue weighted by Gasteiger charge is 2.40. The third-order valence-electron chi connectivity index (χ3n) is 1.71. The molecule has 3 nitrogen and oxygen atoms in total. The number of ether oxygens (including phenoxy) is 1. The number of cyclic esters (lactones) is 1. The van der Waals surface area contributed by atoms with Crippen LogP contribution in [0.2, 0.25) is 0 Å². The Balaban J connectivity index is 2.95. The van der Waals surface area contributed by atoms with Crippen molar-refractivity contribution < 1.29 is 9.53 Å². The van der Waals surface area contributed by atoms with Crippen LogP contribution in [0.5, 0.6) is 0 Å². The van der Waals surface area contributed by atoms with Gasteiger partial charge in [-0.2, -0.15) is 0 Å². The number of carbonyl (C=O) groups is 1. The van der Waals surface area contributed by atoms with Gasteiger partial charge in [0.05, 0.1) is 0 Å². The van der Waals surface area contributed by atoms with Crippen LogP contribution in [0.25, 0.3) is 0 Å². The molecule has 0 N–H and O–H groups in total. The van der Waals surface area contributed by atoms with Crippen molar-refractivity contribution in [3.8, 4) is 0 Å². The Labute approximate surface area is 72.8 Å². The predicted octanol–water partition coefficient (Wildman–Crippen LogP) is 1.77. The number of rotatable bonds is 0. The van der Waals surface area contributed by atoms with Crippen molar-refractivity contribution in [1.82, 2.24) is 0 Å². The lowest BCUT2D eigenvalue weighted by Gasteiger charge is -2.15. The number of hydrogen-bond acceptors (Lipinski definition) is 3. The summed E-state index contributed by atoms with van der Waals surface area (Å²) in [6.45, 7) is 9.43. The number of hydrogen-bond donors (Lipinski definition) is 0. The molecule has 1 aliphatic heterocycles. The van der Waals surface area contributed by atoms with Gasteiger partial charge in [0.15, 0.2) is 11.4 Å². The molecule has 0 aromatic carbocycles. The maximum absolute atomic E-state index is 11.2. The van der Waals surface area contributed by atoms with Crippen molar-refractivity contribution in [2.24, 2.45) is 10.4 Å². The molecule has 0 unspecified atom stereocenters. The Bertz CT molecular complexity index is 246. The van der Waals surface area contributed by atoms with Crippen LogP contribution in [0, 0.1) is 5.41 Å². The fourth-order valence-corrected chi connectivity index (χ4v) is 0.856. The van der Waals surface area contributed by atoms with Crippen molar-refractivity contribution in [2.75, 3.05) is 0 Å². The fourth-order valence-electron chi connectivity index (χ4n) is 0.856. The van der Waals surface area contributed by atoms with E-state index >= 15 is 0 Å². The minimum atomic E-state index is -0.692. The average molecular weight is 169 g/mol. The molecular weight excluding hydrogens is 154 g/mol. The quantitative estimate of drug-likeness (QED) is 0.518. The monoisotopic (exact) mass is 169 g/mol. The van der Waals surface area contributed by atoms with Gasteiger partial charge >= 0.3 is 5.97 Å². The first-order valence-electron chi connectivity index (χ1n) is 4.06. The third-order valence-corrected chi connectivity index (χ3v) is 1.71. The van der Waals surface area contributed by atoms with Crippen molar-refractivity contribution in [3.63, 3.8) is 0 Å². The van der Waals surface area contributed by atoms with Gasteiger partial charge in [-0.05, 0) is 13.8 Å². The topological polar surface area (TPSA) is 38.7 Å². The van der Waals surface area contributed by atoms with Crippen LogP contribution >= 0.6 is 0 Å². The molecule has 68 valence electrons. The molecule has 0 aromatic heterocycles. The van der Waals surface area contributed by atoms with Crippen LogP contribution in [0.3, 0.4) is 0 Å². The second kappa shape index (κ2) is 2.31. The highest BCUT2D eigenvalue weighted by molar-refractivity contribution is 6.01. The van der Waals surface area contributed by atoms with Crippen LogP contribution in [0.1, 0.15) is 34.6 Å². The highest BCUT2D eigenvalue weighted by atomic mass is 16.6. The van der Waals surface area contributed by atoms with E-state index in [1.807, 2.05) is 20.8 Å². The van der Waals surface area contributed by atoms with Crippen LogP contribution < -0.4 is 0 Å². The molecule has 0 saturated heterocycles. The largest absolute Gasteiger partial charge is 0.410 e. The van der Waals surface area contributed by atoms with E-state index in [9.17, 15) is 4.79 Å². The normalized spacial score (nSPS) is 22.1. The van der Waals surface area contributed by atoms with Gasteiger partial charge in [-0.15, -0.1) is 0 Å². The van der Waals surface area contributed by atoms with E-state index in [2.05, 4.69) is 4.99 Å². The smallest absolute Gasteiger partial charge is 0.340 e. The standard InChI is InChI=1S/C9H15NO2/c1-8(2,3)6-10-9(4,5)7(11)12-6/h1-5H3. The molecule has 0 saturated carbocycles.